The molecular formula is C22H13ClN2O2S2. The number of carbonyl (C=O) groups excluding carboxylic acids is 1. The van der Waals surface area contributed by atoms with Crippen LogP contribution in [0.2, 0.25) is 5.02 Å². The van der Waals surface area contributed by atoms with Crippen LogP contribution >= 0.6 is 34.3 Å². The zero-order valence-electron chi connectivity index (χ0n) is 14.8. The number of para-hydroxylation sites is 1. The standard InChI is InChI=1S/C22H13ClN2O2S2/c23-19-14-5-1-3-7-17(14)28-20(19)21(27)24-12-9-10-13(16(26)11-12)22-25-15-6-2-4-8-18(15)29-22/h1-11,26H,(H,24,27). The zero-order chi connectivity index (χ0) is 20.0. The third kappa shape index (κ3) is 3.25. The van der Waals surface area contributed by atoms with E-state index in [-0.39, 0.29) is 11.7 Å². The molecule has 29 heavy (non-hydrogen) atoms. The summed E-state index contributed by atoms with van der Waals surface area (Å²) >= 11 is 9.24. The Hall–Kier alpha value is -2.93. The first kappa shape index (κ1) is 18.1. The number of aromatic hydroxyl groups is 1. The highest BCUT2D eigenvalue weighted by Gasteiger charge is 2.18. The first-order valence-electron chi connectivity index (χ1n) is 8.77. The number of anilines is 1. The summed E-state index contributed by atoms with van der Waals surface area (Å²) in [5.41, 5.74) is 2.01. The summed E-state index contributed by atoms with van der Waals surface area (Å²) in [7, 11) is 0. The smallest absolute Gasteiger partial charge is 0.267 e. The Morgan fingerprint density at radius 3 is 2.48 bits per heavy atom. The monoisotopic (exact) mass is 436 g/mol. The van der Waals surface area contributed by atoms with Gasteiger partial charge in [0.25, 0.3) is 5.91 Å². The van der Waals surface area contributed by atoms with Gasteiger partial charge in [-0.15, -0.1) is 22.7 Å². The number of thiophene rings is 1. The Morgan fingerprint density at radius 1 is 0.966 bits per heavy atom. The molecule has 0 aliphatic heterocycles. The van der Waals surface area contributed by atoms with Crippen LogP contribution in [0.3, 0.4) is 0 Å². The van der Waals surface area contributed by atoms with Crippen LogP contribution in [0.15, 0.2) is 66.7 Å². The Labute approximate surface area is 179 Å². The maximum atomic E-state index is 12.7. The molecule has 2 N–H and O–H groups in total. The molecule has 0 spiro atoms. The van der Waals surface area contributed by atoms with Crippen molar-refractivity contribution in [2.45, 2.75) is 0 Å². The number of amides is 1. The van der Waals surface area contributed by atoms with Gasteiger partial charge in [0.2, 0.25) is 0 Å². The summed E-state index contributed by atoms with van der Waals surface area (Å²) < 4.78 is 2.01. The number of nitrogens with one attached hydrogen (secondary N) is 1. The van der Waals surface area contributed by atoms with Gasteiger partial charge in [-0.1, -0.05) is 41.9 Å². The number of hydrogen-bond acceptors (Lipinski definition) is 5. The minimum atomic E-state index is -0.302. The maximum absolute atomic E-state index is 12.7. The maximum Gasteiger partial charge on any atom is 0.267 e. The van der Waals surface area contributed by atoms with Crippen LogP contribution < -0.4 is 5.32 Å². The largest absolute Gasteiger partial charge is 0.507 e. The molecule has 4 nitrogen and oxygen atoms in total. The van der Waals surface area contributed by atoms with Gasteiger partial charge in [-0.3, -0.25) is 4.79 Å². The number of phenolic OH excluding ortho intramolecular Hbond substituents is 1. The van der Waals surface area contributed by atoms with E-state index in [2.05, 4.69) is 10.3 Å². The number of fused-ring (bicyclic) bond motifs is 2. The summed E-state index contributed by atoms with van der Waals surface area (Å²) in [6.45, 7) is 0. The second kappa shape index (κ2) is 7.15. The van der Waals surface area contributed by atoms with Crippen molar-refractivity contribution in [2.24, 2.45) is 0 Å². The van der Waals surface area contributed by atoms with Crippen molar-refractivity contribution < 1.29 is 9.90 Å². The van der Waals surface area contributed by atoms with Crippen molar-refractivity contribution in [3.63, 3.8) is 0 Å². The van der Waals surface area contributed by atoms with Crippen molar-refractivity contribution in [1.82, 2.24) is 4.98 Å². The van der Waals surface area contributed by atoms with Crippen LogP contribution in [-0.4, -0.2) is 16.0 Å². The molecule has 1 amide bonds. The molecule has 2 aromatic heterocycles. The molecule has 5 aromatic rings. The van der Waals surface area contributed by atoms with Crippen LogP contribution in [0, 0.1) is 0 Å². The number of hydrogen-bond donors (Lipinski definition) is 2. The summed E-state index contributed by atoms with van der Waals surface area (Å²) in [5, 5.41) is 15.4. The molecule has 0 bridgehead atoms. The molecule has 0 saturated carbocycles. The Bertz CT molecular complexity index is 1360. The summed E-state index contributed by atoms with van der Waals surface area (Å²) in [5.74, 6) is -0.243. The Balaban J connectivity index is 1.44. The van der Waals surface area contributed by atoms with Gasteiger partial charge in [0.15, 0.2) is 0 Å². The predicted molar refractivity (Wildman–Crippen MR) is 122 cm³/mol. The average molecular weight is 437 g/mol. The fourth-order valence-corrected chi connectivity index (χ4v) is 5.54. The lowest BCUT2D eigenvalue weighted by molar-refractivity contribution is 0.103. The van der Waals surface area contributed by atoms with Crippen LogP contribution in [-0.2, 0) is 0 Å². The summed E-state index contributed by atoms with van der Waals surface area (Å²) in [6, 6.07) is 20.5. The highest BCUT2D eigenvalue weighted by molar-refractivity contribution is 7.22. The van der Waals surface area contributed by atoms with E-state index in [1.54, 1.807) is 12.1 Å². The van der Waals surface area contributed by atoms with Gasteiger partial charge in [0, 0.05) is 21.8 Å². The van der Waals surface area contributed by atoms with Gasteiger partial charge in [0.1, 0.15) is 15.6 Å². The number of thiazole rings is 1. The lowest BCUT2D eigenvalue weighted by atomic mass is 10.2. The van der Waals surface area contributed by atoms with E-state index >= 15 is 0 Å². The molecule has 3 aromatic carbocycles. The van der Waals surface area contributed by atoms with Crippen molar-refractivity contribution in [2.75, 3.05) is 5.32 Å². The first-order valence-corrected chi connectivity index (χ1v) is 10.8. The van der Waals surface area contributed by atoms with Crippen LogP contribution in [0.1, 0.15) is 9.67 Å². The van der Waals surface area contributed by atoms with E-state index in [0.717, 1.165) is 25.3 Å². The van der Waals surface area contributed by atoms with E-state index in [1.165, 1.54) is 28.7 Å². The zero-order valence-corrected chi connectivity index (χ0v) is 17.2. The number of rotatable bonds is 3. The van der Waals surface area contributed by atoms with Crippen LogP contribution in [0.25, 0.3) is 30.9 Å². The molecule has 2 heterocycles. The van der Waals surface area contributed by atoms with E-state index in [4.69, 9.17) is 11.6 Å². The highest BCUT2D eigenvalue weighted by Crippen LogP contribution is 2.38. The van der Waals surface area contributed by atoms with Gasteiger partial charge in [-0.25, -0.2) is 4.98 Å². The van der Waals surface area contributed by atoms with Gasteiger partial charge >= 0.3 is 0 Å². The third-order valence-electron chi connectivity index (χ3n) is 4.52. The molecule has 0 saturated heterocycles. The minimum Gasteiger partial charge on any atom is -0.507 e. The molecule has 0 atom stereocenters. The van der Waals surface area contributed by atoms with Gasteiger partial charge < -0.3 is 10.4 Å². The highest BCUT2D eigenvalue weighted by atomic mass is 35.5. The number of nitrogens with zero attached hydrogens (tertiary/aromatic N) is 1. The lowest BCUT2D eigenvalue weighted by Crippen LogP contribution is -2.10. The second-order valence-corrected chi connectivity index (χ2v) is 8.87. The first-order chi connectivity index (χ1) is 14.1. The Morgan fingerprint density at radius 2 is 1.72 bits per heavy atom. The van der Waals surface area contributed by atoms with Crippen LogP contribution in [0.4, 0.5) is 5.69 Å². The third-order valence-corrected chi connectivity index (χ3v) is 7.26. The predicted octanol–water partition coefficient (Wildman–Crippen LogP) is 6.79. The lowest BCUT2D eigenvalue weighted by Gasteiger charge is -2.07. The summed E-state index contributed by atoms with van der Waals surface area (Å²) in [4.78, 5) is 17.7. The molecule has 142 valence electrons. The van der Waals surface area contributed by atoms with E-state index < -0.39 is 0 Å². The molecule has 5 rings (SSSR count). The molecule has 0 radical (unpaired) electrons. The minimum absolute atomic E-state index is 0.0595. The topological polar surface area (TPSA) is 62.2 Å². The average Bonchev–Trinajstić information content (AvgIpc) is 3.29. The van der Waals surface area contributed by atoms with E-state index in [1.807, 2.05) is 48.5 Å². The van der Waals surface area contributed by atoms with Crippen molar-refractivity contribution in [3.05, 3.63) is 76.6 Å². The molecule has 7 heteroatoms. The van der Waals surface area contributed by atoms with E-state index in [9.17, 15) is 9.90 Å². The summed E-state index contributed by atoms with van der Waals surface area (Å²) in [6.07, 6.45) is 0. The number of phenols is 1. The van der Waals surface area contributed by atoms with Crippen LogP contribution in [0.5, 0.6) is 5.75 Å². The molecule has 0 unspecified atom stereocenters. The SMILES string of the molecule is O=C(Nc1ccc(-c2nc3ccccc3s2)c(O)c1)c1sc2ccccc2c1Cl. The van der Waals surface area contributed by atoms with Crippen molar-refractivity contribution in [1.29, 1.82) is 0 Å². The Kier molecular flexibility index (Phi) is 4.47. The van der Waals surface area contributed by atoms with Gasteiger partial charge in [-0.05, 0) is 30.3 Å². The number of halogens is 1. The second-order valence-electron chi connectivity index (χ2n) is 6.41. The fourth-order valence-electron chi connectivity index (χ4n) is 3.13. The molecule has 0 fully saturated rings. The van der Waals surface area contributed by atoms with E-state index in [0.29, 0.717) is 21.2 Å². The number of carbonyl (C=O) groups is 1. The molecular weight excluding hydrogens is 424 g/mol. The van der Waals surface area contributed by atoms with Crippen molar-refractivity contribution in [3.8, 4) is 16.3 Å². The molecule has 0 aliphatic carbocycles. The normalized spacial score (nSPS) is 11.2. The quantitative estimate of drug-likeness (QED) is 0.327. The number of aromatic nitrogens is 1. The van der Waals surface area contributed by atoms with Gasteiger partial charge in [-0.2, -0.15) is 0 Å². The van der Waals surface area contributed by atoms with Gasteiger partial charge in [0.05, 0.1) is 20.8 Å². The number of benzene rings is 3. The fraction of sp³-hybridized carbons (Fsp3) is 0. The molecule has 0 aliphatic rings. The van der Waals surface area contributed by atoms with Crippen molar-refractivity contribution >= 4 is 66.2 Å².